The molecule has 0 N–H and O–H groups in total. The van der Waals surface area contributed by atoms with E-state index in [1.165, 1.54) is 7.11 Å². The standard InChI is InChI=1S/C14H21N5O2/c1-17-5-7-18(8-6-17)13-15-9-11-10-19(14(20)21-2)4-3-12(11)16-13/h9H,3-8,10H2,1-2H3. The van der Waals surface area contributed by atoms with Crippen LogP contribution in [0.5, 0.6) is 0 Å². The predicted molar refractivity (Wildman–Crippen MR) is 78.3 cm³/mol. The molecule has 114 valence electrons. The molecule has 0 atom stereocenters. The minimum absolute atomic E-state index is 0.288. The Kier molecular flexibility index (Phi) is 3.92. The van der Waals surface area contributed by atoms with E-state index < -0.39 is 0 Å². The van der Waals surface area contributed by atoms with Crippen molar-refractivity contribution >= 4 is 12.0 Å². The van der Waals surface area contributed by atoms with Crippen LogP contribution in [-0.4, -0.2) is 72.7 Å². The van der Waals surface area contributed by atoms with Gasteiger partial charge >= 0.3 is 6.09 Å². The predicted octanol–water partition coefficient (Wildman–Crippen LogP) is 0.353. The van der Waals surface area contributed by atoms with Crippen LogP contribution in [0.3, 0.4) is 0 Å². The molecule has 7 heteroatoms. The Morgan fingerprint density at radius 3 is 2.71 bits per heavy atom. The first-order valence-corrected chi connectivity index (χ1v) is 7.28. The van der Waals surface area contributed by atoms with Crippen LogP contribution in [0.25, 0.3) is 0 Å². The number of ether oxygens (including phenoxy) is 1. The first-order chi connectivity index (χ1) is 10.2. The summed E-state index contributed by atoms with van der Waals surface area (Å²) >= 11 is 0. The SMILES string of the molecule is COC(=O)N1CCc2nc(N3CCN(C)CC3)ncc2C1. The molecule has 7 nitrogen and oxygen atoms in total. The summed E-state index contributed by atoms with van der Waals surface area (Å²) in [6.07, 6.45) is 2.32. The first-order valence-electron chi connectivity index (χ1n) is 7.28. The minimum Gasteiger partial charge on any atom is -0.453 e. The minimum atomic E-state index is -0.288. The zero-order valence-corrected chi connectivity index (χ0v) is 12.6. The molecule has 0 radical (unpaired) electrons. The van der Waals surface area contributed by atoms with Crippen molar-refractivity contribution in [1.82, 2.24) is 19.8 Å². The molecular weight excluding hydrogens is 270 g/mol. The molecule has 0 aromatic carbocycles. The Labute approximate surface area is 124 Å². The molecule has 3 heterocycles. The van der Waals surface area contributed by atoms with E-state index in [0.29, 0.717) is 13.1 Å². The maximum absolute atomic E-state index is 11.6. The van der Waals surface area contributed by atoms with Gasteiger partial charge in [-0.3, -0.25) is 0 Å². The van der Waals surface area contributed by atoms with Crippen LogP contribution in [0, 0.1) is 0 Å². The van der Waals surface area contributed by atoms with Crippen molar-refractivity contribution in [3.8, 4) is 0 Å². The molecule has 0 unspecified atom stereocenters. The van der Waals surface area contributed by atoms with Crippen LogP contribution in [0.2, 0.25) is 0 Å². The van der Waals surface area contributed by atoms with Gasteiger partial charge < -0.3 is 19.4 Å². The van der Waals surface area contributed by atoms with E-state index in [4.69, 9.17) is 9.72 Å². The van der Waals surface area contributed by atoms with Crippen molar-refractivity contribution in [2.75, 3.05) is 51.8 Å². The highest BCUT2D eigenvalue weighted by atomic mass is 16.5. The van der Waals surface area contributed by atoms with Crippen molar-refractivity contribution in [3.63, 3.8) is 0 Å². The van der Waals surface area contributed by atoms with Gasteiger partial charge in [0.2, 0.25) is 5.95 Å². The maximum atomic E-state index is 11.6. The van der Waals surface area contributed by atoms with Crippen molar-refractivity contribution in [3.05, 3.63) is 17.5 Å². The van der Waals surface area contributed by atoms with Gasteiger partial charge in [-0.15, -0.1) is 0 Å². The Balaban J connectivity index is 1.73. The quantitative estimate of drug-likeness (QED) is 0.744. The Bertz CT molecular complexity index is 528. The molecule has 2 aliphatic heterocycles. The van der Waals surface area contributed by atoms with E-state index in [9.17, 15) is 4.79 Å². The number of piperazine rings is 1. The third-order valence-electron chi connectivity index (χ3n) is 4.14. The van der Waals surface area contributed by atoms with Gasteiger partial charge in [0.1, 0.15) is 0 Å². The van der Waals surface area contributed by atoms with Crippen molar-refractivity contribution in [1.29, 1.82) is 0 Å². The third kappa shape index (κ3) is 2.92. The lowest BCUT2D eigenvalue weighted by atomic mass is 10.1. The number of amides is 1. The number of likely N-dealkylation sites (N-methyl/N-ethyl adjacent to an activating group) is 1. The van der Waals surface area contributed by atoms with E-state index in [2.05, 4.69) is 21.8 Å². The van der Waals surface area contributed by atoms with Crippen LogP contribution in [0.1, 0.15) is 11.3 Å². The van der Waals surface area contributed by atoms with Crippen molar-refractivity contribution < 1.29 is 9.53 Å². The lowest BCUT2D eigenvalue weighted by Crippen LogP contribution is -2.45. The largest absolute Gasteiger partial charge is 0.453 e. The lowest BCUT2D eigenvalue weighted by Gasteiger charge is -2.33. The molecule has 1 saturated heterocycles. The summed E-state index contributed by atoms with van der Waals surface area (Å²) < 4.78 is 4.77. The Hall–Kier alpha value is -1.89. The molecular formula is C14H21N5O2. The maximum Gasteiger partial charge on any atom is 0.409 e. The van der Waals surface area contributed by atoms with Gasteiger partial charge in [-0.25, -0.2) is 14.8 Å². The van der Waals surface area contributed by atoms with E-state index in [1.807, 2.05) is 6.20 Å². The van der Waals surface area contributed by atoms with Crippen LogP contribution in [-0.2, 0) is 17.7 Å². The monoisotopic (exact) mass is 291 g/mol. The number of methoxy groups -OCH3 is 1. The second-order valence-corrected chi connectivity index (χ2v) is 5.57. The highest BCUT2D eigenvalue weighted by molar-refractivity contribution is 5.67. The number of hydrogen-bond acceptors (Lipinski definition) is 6. The van der Waals surface area contributed by atoms with Gasteiger partial charge in [-0.05, 0) is 7.05 Å². The summed E-state index contributed by atoms with van der Waals surface area (Å²) in [7, 11) is 3.54. The third-order valence-corrected chi connectivity index (χ3v) is 4.14. The molecule has 0 bridgehead atoms. The second-order valence-electron chi connectivity index (χ2n) is 5.57. The van der Waals surface area contributed by atoms with Gasteiger partial charge in [-0.2, -0.15) is 0 Å². The average Bonchev–Trinajstić information content (AvgIpc) is 2.54. The molecule has 21 heavy (non-hydrogen) atoms. The topological polar surface area (TPSA) is 61.8 Å². The fourth-order valence-corrected chi connectivity index (χ4v) is 2.75. The second kappa shape index (κ2) is 5.85. The molecule has 0 aliphatic carbocycles. The average molecular weight is 291 g/mol. The Morgan fingerprint density at radius 2 is 2.00 bits per heavy atom. The Morgan fingerprint density at radius 1 is 1.24 bits per heavy atom. The molecule has 1 fully saturated rings. The molecule has 1 aromatic heterocycles. The zero-order chi connectivity index (χ0) is 14.8. The number of nitrogens with zero attached hydrogens (tertiary/aromatic N) is 5. The van der Waals surface area contributed by atoms with Crippen molar-refractivity contribution in [2.24, 2.45) is 0 Å². The van der Waals surface area contributed by atoms with Crippen molar-refractivity contribution in [2.45, 2.75) is 13.0 Å². The van der Waals surface area contributed by atoms with Crippen LogP contribution < -0.4 is 4.90 Å². The molecule has 1 aromatic rings. The summed E-state index contributed by atoms with van der Waals surface area (Å²) in [4.78, 5) is 27.0. The molecule has 0 saturated carbocycles. The fourth-order valence-electron chi connectivity index (χ4n) is 2.75. The number of anilines is 1. The van der Waals surface area contributed by atoms with E-state index in [1.54, 1.807) is 4.90 Å². The molecule has 0 spiro atoms. The number of hydrogen-bond donors (Lipinski definition) is 0. The van der Waals surface area contributed by atoms with E-state index in [0.717, 1.165) is 49.8 Å². The van der Waals surface area contributed by atoms with Gasteiger partial charge in [0.05, 0.1) is 19.3 Å². The summed E-state index contributed by atoms with van der Waals surface area (Å²) in [5, 5.41) is 0. The molecule has 1 amide bonds. The van der Waals surface area contributed by atoms with E-state index >= 15 is 0 Å². The first kappa shape index (κ1) is 14.1. The number of rotatable bonds is 1. The summed E-state index contributed by atoms with van der Waals surface area (Å²) in [6.45, 7) is 5.18. The van der Waals surface area contributed by atoms with Crippen LogP contribution in [0.15, 0.2) is 6.20 Å². The van der Waals surface area contributed by atoms with E-state index in [-0.39, 0.29) is 6.09 Å². The number of carbonyl (C=O) groups is 1. The van der Waals surface area contributed by atoms with Gasteiger partial charge in [0.25, 0.3) is 0 Å². The summed E-state index contributed by atoms with van der Waals surface area (Å²) in [6, 6.07) is 0. The smallest absolute Gasteiger partial charge is 0.409 e. The van der Waals surface area contributed by atoms with Crippen LogP contribution in [0.4, 0.5) is 10.7 Å². The summed E-state index contributed by atoms with van der Waals surface area (Å²) in [5.41, 5.74) is 2.07. The molecule has 2 aliphatic rings. The van der Waals surface area contributed by atoms with Gasteiger partial charge in [-0.1, -0.05) is 0 Å². The highest BCUT2D eigenvalue weighted by Crippen LogP contribution is 2.20. The number of aromatic nitrogens is 2. The van der Waals surface area contributed by atoms with Gasteiger partial charge in [0.15, 0.2) is 0 Å². The lowest BCUT2D eigenvalue weighted by molar-refractivity contribution is 0.118. The van der Waals surface area contributed by atoms with Gasteiger partial charge in [0, 0.05) is 50.9 Å². The highest BCUT2D eigenvalue weighted by Gasteiger charge is 2.24. The molecule has 3 rings (SSSR count). The number of fused-ring (bicyclic) bond motifs is 1. The number of carbonyl (C=O) groups excluding carboxylic acids is 1. The zero-order valence-electron chi connectivity index (χ0n) is 12.6. The summed E-state index contributed by atoms with van der Waals surface area (Å²) in [5.74, 6) is 0.813. The van der Waals surface area contributed by atoms with Crippen LogP contribution >= 0.6 is 0 Å². The fraction of sp³-hybridized carbons (Fsp3) is 0.643. The normalized spacial score (nSPS) is 19.3.